The van der Waals surface area contributed by atoms with Crippen LogP contribution in [-0.2, 0) is 5.60 Å². The Kier molecular flexibility index (Phi) is 2.76. The number of hydrogen-bond donors (Lipinski definition) is 1. The van der Waals surface area contributed by atoms with Gasteiger partial charge < -0.3 is 5.11 Å². The van der Waals surface area contributed by atoms with Crippen molar-refractivity contribution in [2.45, 2.75) is 12.5 Å². The molecule has 3 aromatic rings. The molecule has 0 saturated carbocycles. The zero-order valence-electron chi connectivity index (χ0n) is 10.6. The zero-order chi connectivity index (χ0) is 13.3. The van der Waals surface area contributed by atoms with E-state index >= 15 is 0 Å². The van der Waals surface area contributed by atoms with Crippen molar-refractivity contribution in [2.24, 2.45) is 0 Å². The van der Waals surface area contributed by atoms with Gasteiger partial charge in [-0.3, -0.25) is 4.98 Å². The molecule has 3 rings (SSSR count). The lowest BCUT2D eigenvalue weighted by Gasteiger charge is -2.22. The molecular weight excluding hydrogens is 236 g/mol. The SMILES string of the molecule is C[C@](O)(c1ccccn1)c1ccc2ccccc2n1. The average Bonchev–Trinajstić information content (AvgIpc) is 2.47. The largest absolute Gasteiger partial charge is 0.377 e. The van der Waals surface area contributed by atoms with Crippen LogP contribution in [0.1, 0.15) is 18.3 Å². The van der Waals surface area contributed by atoms with Crippen LogP contribution < -0.4 is 0 Å². The summed E-state index contributed by atoms with van der Waals surface area (Å²) in [5.74, 6) is 0. The maximum atomic E-state index is 10.7. The van der Waals surface area contributed by atoms with Crippen LogP contribution >= 0.6 is 0 Å². The number of hydrogen-bond acceptors (Lipinski definition) is 3. The van der Waals surface area contributed by atoms with Crippen LogP contribution in [0.4, 0.5) is 0 Å². The zero-order valence-corrected chi connectivity index (χ0v) is 10.6. The summed E-state index contributed by atoms with van der Waals surface area (Å²) in [6.45, 7) is 1.71. The van der Waals surface area contributed by atoms with Crippen molar-refractivity contribution in [1.29, 1.82) is 0 Å². The Hall–Kier alpha value is -2.26. The second-order valence-corrected chi connectivity index (χ2v) is 4.68. The van der Waals surface area contributed by atoms with Crippen molar-refractivity contribution in [1.82, 2.24) is 9.97 Å². The van der Waals surface area contributed by atoms with Gasteiger partial charge in [0.15, 0.2) is 0 Å². The Balaban J connectivity index is 2.13. The number of pyridine rings is 2. The Labute approximate surface area is 111 Å². The summed E-state index contributed by atoms with van der Waals surface area (Å²) in [6, 6.07) is 17.2. The molecule has 3 nitrogen and oxygen atoms in total. The van der Waals surface area contributed by atoms with Crippen molar-refractivity contribution in [3.05, 3.63) is 72.2 Å². The number of benzene rings is 1. The predicted octanol–water partition coefficient (Wildman–Crippen LogP) is 2.89. The lowest BCUT2D eigenvalue weighted by molar-refractivity contribution is 0.0930. The maximum absolute atomic E-state index is 10.7. The molecule has 0 unspecified atom stereocenters. The second kappa shape index (κ2) is 4.44. The topological polar surface area (TPSA) is 46.0 Å². The molecule has 0 saturated heterocycles. The van der Waals surface area contributed by atoms with E-state index in [-0.39, 0.29) is 0 Å². The molecule has 1 atom stereocenters. The van der Waals surface area contributed by atoms with Gasteiger partial charge in [0.1, 0.15) is 5.60 Å². The highest BCUT2D eigenvalue weighted by Crippen LogP contribution is 2.27. The fourth-order valence-electron chi connectivity index (χ4n) is 2.12. The van der Waals surface area contributed by atoms with E-state index < -0.39 is 5.60 Å². The number of rotatable bonds is 2. The highest BCUT2D eigenvalue weighted by Gasteiger charge is 2.28. The van der Waals surface area contributed by atoms with Gasteiger partial charge in [0.05, 0.1) is 16.9 Å². The van der Waals surface area contributed by atoms with Gasteiger partial charge in [-0.15, -0.1) is 0 Å². The van der Waals surface area contributed by atoms with Gasteiger partial charge in [0.2, 0.25) is 0 Å². The van der Waals surface area contributed by atoms with Gasteiger partial charge >= 0.3 is 0 Å². The molecule has 0 aliphatic rings. The minimum Gasteiger partial charge on any atom is -0.377 e. The Morgan fingerprint density at radius 1 is 0.895 bits per heavy atom. The summed E-state index contributed by atoms with van der Waals surface area (Å²) >= 11 is 0. The van der Waals surface area contributed by atoms with Gasteiger partial charge in [-0.1, -0.05) is 30.3 Å². The summed E-state index contributed by atoms with van der Waals surface area (Å²) in [4.78, 5) is 8.75. The second-order valence-electron chi connectivity index (χ2n) is 4.68. The molecule has 0 fully saturated rings. The molecule has 2 aromatic heterocycles. The molecule has 19 heavy (non-hydrogen) atoms. The smallest absolute Gasteiger partial charge is 0.145 e. The van der Waals surface area contributed by atoms with Crippen LogP contribution in [0.2, 0.25) is 0 Å². The minimum atomic E-state index is -1.19. The molecular formula is C16H14N2O. The van der Waals surface area contributed by atoms with Gasteiger partial charge in [-0.2, -0.15) is 0 Å². The fraction of sp³-hybridized carbons (Fsp3) is 0.125. The van der Waals surface area contributed by atoms with Crippen molar-refractivity contribution < 1.29 is 5.11 Å². The number of aromatic nitrogens is 2. The van der Waals surface area contributed by atoms with E-state index in [1.54, 1.807) is 19.2 Å². The molecule has 0 spiro atoms. The highest BCUT2D eigenvalue weighted by atomic mass is 16.3. The number of aliphatic hydroxyl groups is 1. The van der Waals surface area contributed by atoms with Crippen molar-refractivity contribution in [2.75, 3.05) is 0 Å². The van der Waals surface area contributed by atoms with Crippen molar-refractivity contribution >= 4 is 10.9 Å². The third-order valence-electron chi connectivity index (χ3n) is 3.26. The first-order valence-electron chi connectivity index (χ1n) is 6.18. The van der Waals surface area contributed by atoms with E-state index in [0.717, 1.165) is 10.9 Å². The summed E-state index contributed by atoms with van der Waals surface area (Å²) in [5.41, 5.74) is 0.879. The maximum Gasteiger partial charge on any atom is 0.145 e. The molecule has 1 aromatic carbocycles. The van der Waals surface area contributed by atoms with Gasteiger partial charge in [-0.05, 0) is 31.2 Å². The van der Waals surface area contributed by atoms with Gasteiger partial charge in [0, 0.05) is 11.6 Å². The first-order chi connectivity index (χ1) is 9.18. The minimum absolute atomic E-state index is 0.595. The van der Waals surface area contributed by atoms with E-state index in [4.69, 9.17) is 0 Å². The lowest BCUT2D eigenvalue weighted by atomic mass is 9.96. The summed E-state index contributed by atoms with van der Waals surface area (Å²) in [6.07, 6.45) is 1.67. The Morgan fingerprint density at radius 2 is 1.68 bits per heavy atom. The first kappa shape index (κ1) is 11.8. The number of nitrogens with zero attached hydrogens (tertiary/aromatic N) is 2. The van der Waals surface area contributed by atoms with Gasteiger partial charge in [-0.25, -0.2) is 4.98 Å². The molecule has 3 heteroatoms. The summed E-state index contributed by atoms with van der Waals surface area (Å²) < 4.78 is 0. The third kappa shape index (κ3) is 2.09. The van der Waals surface area contributed by atoms with Crippen LogP contribution in [0.3, 0.4) is 0 Å². The number of fused-ring (bicyclic) bond motifs is 1. The summed E-state index contributed by atoms with van der Waals surface area (Å²) in [5, 5.41) is 11.7. The van der Waals surface area contributed by atoms with E-state index in [9.17, 15) is 5.11 Å². The Morgan fingerprint density at radius 3 is 2.47 bits per heavy atom. The van der Waals surface area contributed by atoms with E-state index in [0.29, 0.717) is 11.4 Å². The normalized spacial score (nSPS) is 14.2. The first-order valence-corrected chi connectivity index (χ1v) is 6.18. The quantitative estimate of drug-likeness (QED) is 0.760. The standard InChI is InChI=1S/C16H14N2O/c1-16(19,14-8-4-5-11-17-14)15-10-9-12-6-2-3-7-13(12)18-15/h2-11,19H,1H3/t16-/m0/s1. The molecule has 2 heterocycles. The van der Waals surface area contributed by atoms with Crippen molar-refractivity contribution in [3.8, 4) is 0 Å². The monoisotopic (exact) mass is 250 g/mol. The highest BCUT2D eigenvalue weighted by molar-refractivity contribution is 5.78. The number of para-hydroxylation sites is 1. The van der Waals surface area contributed by atoms with Crippen LogP contribution in [-0.4, -0.2) is 15.1 Å². The van der Waals surface area contributed by atoms with Crippen LogP contribution in [0.5, 0.6) is 0 Å². The summed E-state index contributed by atoms with van der Waals surface area (Å²) in [7, 11) is 0. The average molecular weight is 250 g/mol. The third-order valence-corrected chi connectivity index (χ3v) is 3.26. The fourth-order valence-corrected chi connectivity index (χ4v) is 2.12. The van der Waals surface area contributed by atoms with E-state index in [1.807, 2.05) is 48.5 Å². The molecule has 0 radical (unpaired) electrons. The predicted molar refractivity (Wildman–Crippen MR) is 74.7 cm³/mol. The lowest BCUT2D eigenvalue weighted by Crippen LogP contribution is -2.25. The molecule has 1 N–H and O–H groups in total. The van der Waals surface area contributed by atoms with Crippen LogP contribution in [0, 0.1) is 0 Å². The van der Waals surface area contributed by atoms with Crippen LogP contribution in [0.25, 0.3) is 10.9 Å². The molecule has 0 amide bonds. The molecule has 0 aliphatic carbocycles. The van der Waals surface area contributed by atoms with Crippen molar-refractivity contribution in [3.63, 3.8) is 0 Å². The molecule has 0 bridgehead atoms. The Bertz CT molecular complexity index is 708. The molecule has 0 aliphatic heterocycles. The van der Waals surface area contributed by atoms with E-state index in [2.05, 4.69) is 9.97 Å². The molecule has 94 valence electrons. The van der Waals surface area contributed by atoms with Gasteiger partial charge in [0.25, 0.3) is 0 Å². The van der Waals surface area contributed by atoms with E-state index in [1.165, 1.54) is 0 Å². The van der Waals surface area contributed by atoms with Crippen LogP contribution in [0.15, 0.2) is 60.8 Å².